The zero-order valence-corrected chi connectivity index (χ0v) is 11.0. The van der Waals surface area contributed by atoms with Gasteiger partial charge in [0, 0.05) is 25.0 Å². The summed E-state index contributed by atoms with van der Waals surface area (Å²) in [5, 5.41) is 10.2. The number of nitrogens with zero attached hydrogens (tertiary/aromatic N) is 1. The molecule has 0 aliphatic heterocycles. The van der Waals surface area contributed by atoms with Gasteiger partial charge in [0.1, 0.15) is 0 Å². The first-order valence-corrected chi connectivity index (χ1v) is 6.26. The molecule has 0 radical (unpaired) electrons. The van der Waals surface area contributed by atoms with E-state index in [4.69, 9.17) is 4.74 Å². The molecule has 1 heterocycles. The van der Waals surface area contributed by atoms with Crippen LogP contribution in [0.5, 0.6) is 0 Å². The van der Waals surface area contributed by atoms with Crippen molar-refractivity contribution in [1.82, 2.24) is 15.5 Å². The maximum Gasteiger partial charge on any atom is 0.0575 e. The fourth-order valence-corrected chi connectivity index (χ4v) is 2.11. The Kier molecular flexibility index (Phi) is 7.24. The highest BCUT2D eigenvalue weighted by Gasteiger charge is 2.14. The highest BCUT2D eigenvalue weighted by Crippen LogP contribution is 2.20. The van der Waals surface area contributed by atoms with Crippen molar-refractivity contribution in [3.05, 3.63) is 18.0 Å². The third-order valence-corrected chi connectivity index (χ3v) is 3.03. The zero-order valence-electron chi connectivity index (χ0n) is 10.2. The van der Waals surface area contributed by atoms with Crippen molar-refractivity contribution < 1.29 is 4.74 Å². The quantitative estimate of drug-likeness (QED) is 0.739. The van der Waals surface area contributed by atoms with Gasteiger partial charge in [-0.3, -0.25) is 5.10 Å². The fraction of sp³-hybridized carbons (Fsp3) is 0.750. The van der Waals surface area contributed by atoms with Crippen LogP contribution in [0.3, 0.4) is 0 Å². The topological polar surface area (TPSA) is 49.9 Å². The molecule has 0 bridgehead atoms. The molecule has 98 valence electrons. The van der Waals surface area contributed by atoms with Gasteiger partial charge in [0.2, 0.25) is 0 Å². The van der Waals surface area contributed by atoms with Gasteiger partial charge in [-0.05, 0) is 31.9 Å². The number of halogens is 1. The van der Waals surface area contributed by atoms with Crippen molar-refractivity contribution in [3.63, 3.8) is 0 Å². The summed E-state index contributed by atoms with van der Waals surface area (Å²) in [6.45, 7) is 2.76. The zero-order chi connectivity index (χ0) is 11.1. The summed E-state index contributed by atoms with van der Waals surface area (Å²) in [6.07, 6.45) is 8.65. The summed E-state index contributed by atoms with van der Waals surface area (Å²) in [5.74, 6) is 0. The second-order valence-electron chi connectivity index (χ2n) is 4.39. The van der Waals surface area contributed by atoms with Gasteiger partial charge in [0.25, 0.3) is 0 Å². The Hall–Kier alpha value is -0.580. The van der Waals surface area contributed by atoms with E-state index in [-0.39, 0.29) is 12.4 Å². The standard InChI is InChI=1S/C12H21N3O.ClH/c1-2-5-12(4-1)16-9-3-7-13-10-11-6-8-14-15-11;/h6,8,12-13H,1-5,7,9-10H2,(H,14,15);1H. The van der Waals surface area contributed by atoms with Crippen LogP contribution >= 0.6 is 12.4 Å². The maximum absolute atomic E-state index is 5.78. The van der Waals surface area contributed by atoms with Gasteiger partial charge < -0.3 is 10.1 Å². The number of nitrogens with one attached hydrogen (secondary N) is 2. The maximum atomic E-state index is 5.78. The molecule has 0 saturated heterocycles. The van der Waals surface area contributed by atoms with Crippen molar-refractivity contribution in [3.8, 4) is 0 Å². The lowest BCUT2D eigenvalue weighted by Gasteiger charge is -2.10. The smallest absolute Gasteiger partial charge is 0.0575 e. The molecule has 1 saturated carbocycles. The van der Waals surface area contributed by atoms with E-state index < -0.39 is 0 Å². The summed E-state index contributed by atoms with van der Waals surface area (Å²) in [5.41, 5.74) is 1.14. The largest absolute Gasteiger partial charge is 0.378 e. The van der Waals surface area contributed by atoms with Crippen molar-refractivity contribution in [2.45, 2.75) is 44.8 Å². The monoisotopic (exact) mass is 259 g/mol. The molecule has 2 N–H and O–H groups in total. The molecule has 1 aliphatic carbocycles. The van der Waals surface area contributed by atoms with Gasteiger partial charge in [-0.25, -0.2) is 0 Å². The van der Waals surface area contributed by atoms with Gasteiger partial charge in [0.05, 0.1) is 6.10 Å². The summed E-state index contributed by atoms with van der Waals surface area (Å²) in [7, 11) is 0. The third kappa shape index (κ3) is 5.52. The SMILES string of the molecule is Cl.c1cc(CNCCCOC2CCCC2)[nH]n1. The number of ether oxygens (including phenoxy) is 1. The van der Waals surface area contributed by atoms with Crippen LogP contribution in [0.2, 0.25) is 0 Å². The second kappa shape index (κ2) is 8.50. The van der Waals surface area contributed by atoms with Gasteiger partial charge in [-0.1, -0.05) is 12.8 Å². The van der Waals surface area contributed by atoms with E-state index in [1.165, 1.54) is 25.7 Å². The minimum absolute atomic E-state index is 0. The third-order valence-electron chi connectivity index (χ3n) is 3.03. The van der Waals surface area contributed by atoms with Crippen LogP contribution in [0.1, 0.15) is 37.8 Å². The van der Waals surface area contributed by atoms with Crippen LogP contribution in [0.25, 0.3) is 0 Å². The average molecular weight is 260 g/mol. The summed E-state index contributed by atoms with van der Waals surface area (Å²) in [6, 6.07) is 1.99. The molecule has 1 aromatic rings. The van der Waals surface area contributed by atoms with Crippen molar-refractivity contribution in [2.24, 2.45) is 0 Å². The van der Waals surface area contributed by atoms with Crippen LogP contribution in [-0.2, 0) is 11.3 Å². The van der Waals surface area contributed by atoms with E-state index in [0.29, 0.717) is 6.10 Å². The van der Waals surface area contributed by atoms with E-state index in [9.17, 15) is 0 Å². The van der Waals surface area contributed by atoms with Gasteiger partial charge in [-0.15, -0.1) is 12.4 Å². The van der Waals surface area contributed by atoms with Crippen LogP contribution < -0.4 is 5.32 Å². The van der Waals surface area contributed by atoms with Gasteiger partial charge in [0.15, 0.2) is 0 Å². The van der Waals surface area contributed by atoms with Crippen molar-refractivity contribution in [1.29, 1.82) is 0 Å². The van der Waals surface area contributed by atoms with E-state index in [1.54, 1.807) is 6.20 Å². The molecule has 0 aromatic carbocycles. The van der Waals surface area contributed by atoms with Crippen LogP contribution in [-0.4, -0.2) is 29.5 Å². The lowest BCUT2D eigenvalue weighted by Crippen LogP contribution is -2.18. The Balaban J connectivity index is 0.00000144. The normalized spacial score (nSPS) is 16.0. The first kappa shape index (κ1) is 14.5. The Morgan fingerprint density at radius 2 is 2.24 bits per heavy atom. The molecule has 1 aromatic heterocycles. The highest BCUT2D eigenvalue weighted by atomic mass is 35.5. The van der Waals surface area contributed by atoms with Gasteiger partial charge >= 0.3 is 0 Å². The first-order valence-electron chi connectivity index (χ1n) is 6.26. The second-order valence-corrected chi connectivity index (χ2v) is 4.39. The van der Waals surface area contributed by atoms with Crippen LogP contribution in [0, 0.1) is 0 Å². The van der Waals surface area contributed by atoms with Crippen LogP contribution in [0.4, 0.5) is 0 Å². The Labute approximate surface area is 109 Å². The fourth-order valence-electron chi connectivity index (χ4n) is 2.11. The number of rotatable bonds is 7. The minimum atomic E-state index is 0. The van der Waals surface area contributed by atoms with Crippen LogP contribution in [0.15, 0.2) is 12.3 Å². The number of hydrogen-bond acceptors (Lipinski definition) is 3. The number of aromatic nitrogens is 2. The molecular weight excluding hydrogens is 238 g/mol. The lowest BCUT2D eigenvalue weighted by atomic mass is 10.3. The van der Waals surface area contributed by atoms with E-state index >= 15 is 0 Å². The molecule has 1 fully saturated rings. The molecule has 0 spiro atoms. The Bertz CT molecular complexity index is 273. The van der Waals surface area contributed by atoms with Crippen molar-refractivity contribution in [2.75, 3.05) is 13.2 Å². The van der Waals surface area contributed by atoms with E-state index in [2.05, 4.69) is 15.5 Å². The average Bonchev–Trinajstić information content (AvgIpc) is 2.96. The Morgan fingerprint density at radius 1 is 1.41 bits per heavy atom. The number of hydrogen-bond donors (Lipinski definition) is 2. The summed E-state index contributed by atoms with van der Waals surface area (Å²) in [4.78, 5) is 0. The number of H-pyrrole nitrogens is 1. The molecule has 0 amide bonds. The van der Waals surface area contributed by atoms with E-state index in [0.717, 1.165) is 31.8 Å². The molecule has 5 heteroatoms. The lowest BCUT2D eigenvalue weighted by molar-refractivity contribution is 0.0568. The Morgan fingerprint density at radius 3 is 2.94 bits per heavy atom. The highest BCUT2D eigenvalue weighted by molar-refractivity contribution is 5.85. The van der Waals surface area contributed by atoms with Crippen molar-refractivity contribution >= 4 is 12.4 Å². The molecule has 0 atom stereocenters. The van der Waals surface area contributed by atoms with Gasteiger partial charge in [-0.2, -0.15) is 5.10 Å². The summed E-state index contributed by atoms with van der Waals surface area (Å²) < 4.78 is 5.78. The predicted molar refractivity (Wildman–Crippen MR) is 70.4 cm³/mol. The number of aromatic amines is 1. The minimum Gasteiger partial charge on any atom is -0.378 e. The molecule has 1 aliphatic rings. The first-order chi connectivity index (χ1) is 7.95. The summed E-state index contributed by atoms with van der Waals surface area (Å²) >= 11 is 0. The molecule has 4 nitrogen and oxygen atoms in total. The predicted octanol–water partition coefficient (Wildman–Crippen LogP) is 2.27. The molecule has 0 unspecified atom stereocenters. The molecule has 17 heavy (non-hydrogen) atoms. The van der Waals surface area contributed by atoms with E-state index in [1.807, 2.05) is 6.07 Å². The molecular formula is C12H22ClN3O. The molecule has 2 rings (SSSR count).